The van der Waals surface area contributed by atoms with Gasteiger partial charge in [0.05, 0.1) is 0 Å². The molecular formula is C13H24N2S. The Kier molecular flexibility index (Phi) is 5.01. The zero-order valence-corrected chi connectivity index (χ0v) is 11.2. The first-order valence-corrected chi connectivity index (χ1v) is 7.77. The van der Waals surface area contributed by atoms with Crippen molar-refractivity contribution < 1.29 is 0 Å². The van der Waals surface area contributed by atoms with Crippen molar-refractivity contribution in [1.29, 1.82) is 0 Å². The smallest absolute Gasteiger partial charge is 0.156 e. The first-order valence-electron chi connectivity index (χ1n) is 6.78. The van der Waals surface area contributed by atoms with Crippen LogP contribution in [0.1, 0.15) is 51.9 Å². The van der Waals surface area contributed by atoms with Gasteiger partial charge in [-0.15, -0.1) is 0 Å². The molecule has 1 aliphatic carbocycles. The Morgan fingerprint density at radius 2 is 2.06 bits per heavy atom. The SMILES string of the molecule is CC1CCSC(=NCCC2CCCCC2)N1. The number of rotatable bonds is 3. The summed E-state index contributed by atoms with van der Waals surface area (Å²) in [5.74, 6) is 2.19. The molecule has 0 aromatic rings. The van der Waals surface area contributed by atoms with Gasteiger partial charge in [0.1, 0.15) is 0 Å². The topological polar surface area (TPSA) is 24.4 Å². The monoisotopic (exact) mass is 240 g/mol. The zero-order valence-electron chi connectivity index (χ0n) is 10.4. The third kappa shape index (κ3) is 4.00. The average molecular weight is 240 g/mol. The van der Waals surface area contributed by atoms with Crippen molar-refractivity contribution in [2.45, 2.75) is 57.9 Å². The third-order valence-corrected chi connectivity index (χ3v) is 4.64. The molecule has 2 aliphatic rings. The van der Waals surface area contributed by atoms with Gasteiger partial charge < -0.3 is 5.32 Å². The van der Waals surface area contributed by atoms with Gasteiger partial charge in [0.2, 0.25) is 0 Å². The Labute approximate surface area is 104 Å². The number of hydrogen-bond acceptors (Lipinski definition) is 2. The molecule has 0 radical (unpaired) electrons. The predicted molar refractivity (Wildman–Crippen MR) is 73.2 cm³/mol. The summed E-state index contributed by atoms with van der Waals surface area (Å²) >= 11 is 1.89. The predicted octanol–water partition coefficient (Wildman–Crippen LogP) is 3.43. The number of nitrogens with zero attached hydrogens (tertiary/aromatic N) is 1. The molecule has 1 saturated carbocycles. The van der Waals surface area contributed by atoms with Gasteiger partial charge in [-0.3, -0.25) is 4.99 Å². The van der Waals surface area contributed by atoms with Gasteiger partial charge in [0, 0.05) is 18.3 Å². The minimum absolute atomic E-state index is 0.620. The highest BCUT2D eigenvalue weighted by Crippen LogP contribution is 2.26. The van der Waals surface area contributed by atoms with Crippen molar-refractivity contribution >= 4 is 16.9 Å². The van der Waals surface area contributed by atoms with Gasteiger partial charge in [-0.05, 0) is 25.7 Å². The van der Waals surface area contributed by atoms with Crippen molar-refractivity contribution in [2.75, 3.05) is 12.3 Å². The van der Waals surface area contributed by atoms with Crippen LogP contribution in [0.3, 0.4) is 0 Å². The normalized spacial score (nSPS) is 30.3. The minimum Gasteiger partial charge on any atom is -0.362 e. The standard InChI is InChI=1S/C13H24N2S/c1-11-8-10-16-13(15-11)14-9-7-12-5-3-2-4-6-12/h11-12H,2-10H2,1H3,(H,14,15). The van der Waals surface area contributed by atoms with E-state index >= 15 is 0 Å². The summed E-state index contributed by atoms with van der Waals surface area (Å²) in [7, 11) is 0. The van der Waals surface area contributed by atoms with Crippen LogP contribution in [0.4, 0.5) is 0 Å². The van der Waals surface area contributed by atoms with E-state index in [1.807, 2.05) is 11.8 Å². The number of hydrogen-bond donors (Lipinski definition) is 1. The molecular weight excluding hydrogens is 216 g/mol. The molecule has 2 nitrogen and oxygen atoms in total. The Bertz CT molecular complexity index is 234. The van der Waals surface area contributed by atoms with Gasteiger partial charge in [0.25, 0.3) is 0 Å². The van der Waals surface area contributed by atoms with E-state index in [1.54, 1.807) is 0 Å². The molecule has 0 spiro atoms. The van der Waals surface area contributed by atoms with E-state index in [1.165, 1.54) is 55.9 Å². The highest BCUT2D eigenvalue weighted by atomic mass is 32.2. The Hall–Kier alpha value is -0.180. The van der Waals surface area contributed by atoms with Crippen LogP contribution in [-0.4, -0.2) is 23.5 Å². The van der Waals surface area contributed by atoms with E-state index in [-0.39, 0.29) is 0 Å². The van der Waals surface area contributed by atoms with E-state index in [9.17, 15) is 0 Å². The van der Waals surface area contributed by atoms with Crippen molar-refractivity contribution in [2.24, 2.45) is 10.9 Å². The molecule has 1 unspecified atom stereocenters. The van der Waals surface area contributed by atoms with Crippen LogP contribution in [0.15, 0.2) is 4.99 Å². The maximum Gasteiger partial charge on any atom is 0.156 e. The summed E-state index contributed by atoms with van der Waals surface area (Å²) in [6, 6.07) is 0.620. The lowest BCUT2D eigenvalue weighted by molar-refractivity contribution is 0.343. The van der Waals surface area contributed by atoms with Gasteiger partial charge >= 0.3 is 0 Å². The maximum atomic E-state index is 4.70. The molecule has 0 aromatic heterocycles. The summed E-state index contributed by atoms with van der Waals surface area (Å²) in [6.07, 6.45) is 9.83. The second-order valence-corrected chi connectivity index (χ2v) is 6.25. The number of aliphatic imine (C=N–C) groups is 1. The average Bonchev–Trinajstić information content (AvgIpc) is 2.30. The molecule has 1 aliphatic heterocycles. The molecule has 1 saturated heterocycles. The summed E-state index contributed by atoms with van der Waals surface area (Å²) < 4.78 is 0. The second kappa shape index (κ2) is 6.53. The Morgan fingerprint density at radius 3 is 2.81 bits per heavy atom. The van der Waals surface area contributed by atoms with E-state index in [2.05, 4.69) is 12.2 Å². The summed E-state index contributed by atoms with van der Waals surface area (Å²) in [4.78, 5) is 4.70. The molecule has 0 bridgehead atoms. The highest BCUT2D eigenvalue weighted by Gasteiger charge is 2.14. The molecule has 2 rings (SSSR count). The molecule has 3 heteroatoms. The van der Waals surface area contributed by atoms with E-state index in [0.29, 0.717) is 6.04 Å². The van der Waals surface area contributed by atoms with Crippen LogP contribution in [-0.2, 0) is 0 Å². The quantitative estimate of drug-likeness (QED) is 0.817. The van der Waals surface area contributed by atoms with Gasteiger partial charge in [0.15, 0.2) is 5.17 Å². The zero-order chi connectivity index (χ0) is 11.2. The molecule has 1 heterocycles. The maximum absolute atomic E-state index is 4.70. The number of nitrogens with one attached hydrogen (secondary N) is 1. The summed E-state index contributed by atoms with van der Waals surface area (Å²) in [5.41, 5.74) is 0. The molecule has 2 fully saturated rings. The fraction of sp³-hybridized carbons (Fsp3) is 0.923. The van der Waals surface area contributed by atoms with Crippen LogP contribution < -0.4 is 5.32 Å². The van der Waals surface area contributed by atoms with E-state index < -0.39 is 0 Å². The largest absolute Gasteiger partial charge is 0.362 e. The fourth-order valence-electron chi connectivity index (χ4n) is 2.57. The van der Waals surface area contributed by atoms with Crippen LogP contribution in [0.2, 0.25) is 0 Å². The minimum atomic E-state index is 0.620. The molecule has 1 atom stereocenters. The molecule has 16 heavy (non-hydrogen) atoms. The fourth-order valence-corrected chi connectivity index (χ4v) is 3.70. The molecule has 0 amide bonds. The van der Waals surface area contributed by atoms with Crippen molar-refractivity contribution in [3.05, 3.63) is 0 Å². The number of thioether (sulfide) groups is 1. The first-order chi connectivity index (χ1) is 7.84. The number of amidine groups is 1. The van der Waals surface area contributed by atoms with Crippen LogP contribution in [0.5, 0.6) is 0 Å². The second-order valence-electron chi connectivity index (χ2n) is 5.16. The third-order valence-electron chi connectivity index (χ3n) is 3.68. The van der Waals surface area contributed by atoms with Gasteiger partial charge in [-0.1, -0.05) is 43.9 Å². The summed E-state index contributed by atoms with van der Waals surface area (Å²) in [6.45, 7) is 3.28. The highest BCUT2D eigenvalue weighted by molar-refractivity contribution is 8.13. The molecule has 1 N–H and O–H groups in total. The van der Waals surface area contributed by atoms with Crippen molar-refractivity contribution in [3.8, 4) is 0 Å². The van der Waals surface area contributed by atoms with E-state index in [0.717, 1.165) is 12.5 Å². The van der Waals surface area contributed by atoms with Crippen LogP contribution in [0, 0.1) is 5.92 Å². The van der Waals surface area contributed by atoms with Crippen molar-refractivity contribution in [1.82, 2.24) is 5.32 Å². The Balaban J connectivity index is 1.67. The molecule has 92 valence electrons. The van der Waals surface area contributed by atoms with Gasteiger partial charge in [-0.2, -0.15) is 0 Å². The van der Waals surface area contributed by atoms with Crippen LogP contribution >= 0.6 is 11.8 Å². The lowest BCUT2D eigenvalue weighted by atomic mass is 9.87. The van der Waals surface area contributed by atoms with Crippen LogP contribution in [0.25, 0.3) is 0 Å². The Morgan fingerprint density at radius 1 is 1.25 bits per heavy atom. The lowest BCUT2D eigenvalue weighted by Crippen LogP contribution is -2.35. The van der Waals surface area contributed by atoms with E-state index in [4.69, 9.17) is 4.99 Å². The first kappa shape index (κ1) is 12.3. The summed E-state index contributed by atoms with van der Waals surface area (Å²) in [5, 5.41) is 4.66. The lowest BCUT2D eigenvalue weighted by Gasteiger charge is -2.23. The molecule has 0 aromatic carbocycles. The van der Waals surface area contributed by atoms with Crippen molar-refractivity contribution in [3.63, 3.8) is 0 Å². The van der Waals surface area contributed by atoms with Gasteiger partial charge in [-0.25, -0.2) is 0 Å².